The molecular formula is C26H25F2N5O2. The highest BCUT2D eigenvalue weighted by atomic mass is 19.1. The molecule has 5 rings (SSSR count). The Labute approximate surface area is 201 Å². The highest BCUT2D eigenvalue weighted by Crippen LogP contribution is 2.31. The molecule has 3 heterocycles. The molecule has 0 spiro atoms. The number of anilines is 1. The largest absolute Gasteiger partial charge is 0.423 e. The first kappa shape index (κ1) is 22.9. The lowest BCUT2D eigenvalue weighted by molar-refractivity contribution is 0.0539. The summed E-state index contributed by atoms with van der Waals surface area (Å²) in [6, 6.07) is 9.13. The monoisotopic (exact) mass is 477 g/mol. The van der Waals surface area contributed by atoms with Gasteiger partial charge in [0.05, 0.1) is 17.2 Å². The van der Waals surface area contributed by atoms with E-state index in [-0.39, 0.29) is 40.8 Å². The van der Waals surface area contributed by atoms with E-state index in [1.165, 1.54) is 24.5 Å². The van der Waals surface area contributed by atoms with Gasteiger partial charge in [-0.25, -0.2) is 18.7 Å². The fourth-order valence-electron chi connectivity index (χ4n) is 4.64. The second kappa shape index (κ2) is 9.40. The lowest BCUT2D eigenvalue weighted by Gasteiger charge is -2.40. The number of carbonyl (C=O) groups excluding carboxylic acids is 1. The minimum absolute atomic E-state index is 0.113. The van der Waals surface area contributed by atoms with Crippen LogP contribution in [0.25, 0.3) is 22.5 Å². The minimum atomic E-state index is -0.500. The molecule has 9 heteroatoms. The van der Waals surface area contributed by atoms with Crippen molar-refractivity contribution < 1.29 is 18.0 Å². The maximum absolute atomic E-state index is 15.2. The number of benzene rings is 2. The van der Waals surface area contributed by atoms with Crippen LogP contribution in [-0.4, -0.2) is 44.9 Å². The topological polar surface area (TPSA) is 84.2 Å². The normalized spacial score (nSPS) is 18.1. The number of nitrogens with zero attached hydrogens (tertiary/aromatic N) is 4. The molecule has 1 aliphatic rings. The van der Waals surface area contributed by atoms with Crippen molar-refractivity contribution in [3.05, 3.63) is 71.6 Å². The van der Waals surface area contributed by atoms with Crippen molar-refractivity contribution in [2.75, 3.05) is 18.4 Å². The van der Waals surface area contributed by atoms with Crippen LogP contribution in [0.4, 0.5) is 14.8 Å². The molecule has 2 unspecified atom stereocenters. The summed E-state index contributed by atoms with van der Waals surface area (Å²) in [4.78, 5) is 28.3. The molecule has 1 fully saturated rings. The van der Waals surface area contributed by atoms with E-state index in [0.29, 0.717) is 29.8 Å². The number of piperidine rings is 1. The van der Waals surface area contributed by atoms with Gasteiger partial charge in [-0.3, -0.25) is 4.79 Å². The highest BCUT2D eigenvalue weighted by Gasteiger charge is 2.34. The summed E-state index contributed by atoms with van der Waals surface area (Å²) in [5, 5.41) is 3.16. The summed E-state index contributed by atoms with van der Waals surface area (Å²) < 4.78 is 34.4. The molecule has 1 amide bonds. The number of carbonyl (C=O) groups is 1. The average Bonchev–Trinajstić information content (AvgIpc) is 3.26. The summed E-state index contributed by atoms with van der Waals surface area (Å²) in [5.41, 5.74) is 1.65. The Hall–Kier alpha value is -3.88. The van der Waals surface area contributed by atoms with Gasteiger partial charge in [-0.1, -0.05) is 13.0 Å². The number of oxazole rings is 1. The molecule has 1 aliphatic heterocycles. The van der Waals surface area contributed by atoms with Crippen molar-refractivity contribution >= 4 is 23.0 Å². The van der Waals surface area contributed by atoms with E-state index in [1.807, 2.05) is 0 Å². The van der Waals surface area contributed by atoms with Gasteiger partial charge in [0.15, 0.2) is 11.4 Å². The smallest absolute Gasteiger partial charge is 0.295 e. The van der Waals surface area contributed by atoms with Crippen molar-refractivity contribution in [3.8, 4) is 11.4 Å². The molecule has 4 aromatic rings. The van der Waals surface area contributed by atoms with Crippen LogP contribution in [0.2, 0.25) is 0 Å². The number of hydrogen-bond donors (Lipinski definition) is 1. The number of fused-ring (bicyclic) bond motifs is 1. The summed E-state index contributed by atoms with van der Waals surface area (Å²) in [6.45, 7) is 4.66. The summed E-state index contributed by atoms with van der Waals surface area (Å²) in [7, 11) is 0. The molecule has 2 atom stereocenters. The second-order valence-electron chi connectivity index (χ2n) is 8.89. The molecule has 1 N–H and O–H groups in total. The van der Waals surface area contributed by atoms with Gasteiger partial charge in [0, 0.05) is 31.5 Å². The fourth-order valence-corrected chi connectivity index (χ4v) is 4.64. The third-order valence-electron chi connectivity index (χ3n) is 6.54. The first-order valence-electron chi connectivity index (χ1n) is 11.6. The zero-order valence-electron chi connectivity index (χ0n) is 19.5. The summed E-state index contributed by atoms with van der Waals surface area (Å²) >= 11 is 0. The molecule has 0 radical (unpaired) electrons. The SMILES string of the molecule is Cc1ccc(C(=O)N2CCCC(C)C2CNc2nc3ccc(F)cc3o2)c(-c2ncccn2)c1F. The van der Waals surface area contributed by atoms with Crippen molar-refractivity contribution in [3.63, 3.8) is 0 Å². The van der Waals surface area contributed by atoms with Gasteiger partial charge >= 0.3 is 0 Å². The third kappa shape index (κ3) is 4.45. The predicted molar refractivity (Wildman–Crippen MR) is 128 cm³/mol. The zero-order valence-corrected chi connectivity index (χ0v) is 19.5. The van der Waals surface area contributed by atoms with Crippen LogP contribution in [0.15, 0.2) is 53.2 Å². The molecule has 2 aromatic heterocycles. The molecule has 35 heavy (non-hydrogen) atoms. The summed E-state index contributed by atoms with van der Waals surface area (Å²) in [6.07, 6.45) is 4.85. The Kier molecular flexibility index (Phi) is 6.15. The van der Waals surface area contributed by atoms with Crippen LogP contribution >= 0.6 is 0 Å². The van der Waals surface area contributed by atoms with Crippen LogP contribution in [0.3, 0.4) is 0 Å². The number of likely N-dealkylation sites (tertiary alicyclic amines) is 1. The van der Waals surface area contributed by atoms with Gasteiger partial charge in [-0.15, -0.1) is 0 Å². The van der Waals surface area contributed by atoms with E-state index < -0.39 is 11.6 Å². The van der Waals surface area contributed by atoms with Crippen molar-refractivity contribution in [1.29, 1.82) is 0 Å². The Morgan fingerprint density at radius 3 is 2.80 bits per heavy atom. The average molecular weight is 478 g/mol. The van der Waals surface area contributed by atoms with E-state index in [4.69, 9.17) is 4.42 Å². The first-order valence-corrected chi connectivity index (χ1v) is 11.6. The van der Waals surface area contributed by atoms with E-state index in [1.54, 1.807) is 36.1 Å². The number of amides is 1. The molecule has 180 valence electrons. The van der Waals surface area contributed by atoms with Crippen molar-refractivity contribution in [2.24, 2.45) is 5.92 Å². The number of nitrogens with one attached hydrogen (secondary N) is 1. The van der Waals surface area contributed by atoms with E-state index in [2.05, 4.69) is 27.2 Å². The molecule has 7 nitrogen and oxygen atoms in total. The number of hydrogen-bond acceptors (Lipinski definition) is 6. The van der Waals surface area contributed by atoms with Crippen molar-refractivity contribution in [1.82, 2.24) is 19.9 Å². The molecule has 0 bridgehead atoms. The number of rotatable bonds is 5. The third-order valence-corrected chi connectivity index (χ3v) is 6.54. The highest BCUT2D eigenvalue weighted by molar-refractivity contribution is 6.00. The predicted octanol–water partition coefficient (Wildman–Crippen LogP) is 5.22. The quantitative estimate of drug-likeness (QED) is 0.424. The minimum Gasteiger partial charge on any atom is -0.423 e. The molecule has 0 saturated carbocycles. The van der Waals surface area contributed by atoms with Crippen LogP contribution in [0.5, 0.6) is 0 Å². The van der Waals surface area contributed by atoms with Gasteiger partial charge in [-0.05, 0) is 55.5 Å². The standard InChI is InChI=1S/C26H25F2N5O2/c1-15-5-3-12-33(20(15)14-31-26-32-19-9-7-17(27)13-21(19)35-26)25(34)18-8-6-16(2)23(28)22(18)24-29-10-4-11-30-24/h4,6-11,13,15,20H,3,5,12,14H2,1-2H3,(H,31,32). The second-order valence-corrected chi connectivity index (χ2v) is 8.89. The van der Waals surface area contributed by atoms with Crippen LogP contribution in [-0.2, 0) is 0 Å². The van der Waals surface area contributed by atoms with Gasteiger partial charge in [0.25, 0.3) is 11.9 Å². The van der Waals surface area contributed by atoms with E-state index in [0.717, 1.165) is 12.8 Å². The number of aryl methyl sites for hydroxylation is 1. The lowest BCUT2D eigenvalue weighted by Crippen LogP contribution is -2.51. The molecular weight excluding hydrogens is 452 g/mol. The van der Waals surface area contributed by atoms with Gasteiger partial charge in [0.1, 0.15) is 17.2 Å². The van der Waals surface area contributed by atoms with Gasteiger partial charge in [-0.2, -0.15) is 4.98 Å². The lowest BCUT2D eigenvalue weighted by atomic mass is 9.89. The van der Waals surface area contributed by atoms with E-state index in [9.17, 15) is 9.18 Å². The van der Waals surface area contributed by atoms with E-state index >= 15 is 4.39 Å². The molecule has 0 aliphatic carbocycles. The Morgan fingerprint density at radius 2 is 2.00 bits per heavy atom. The van der Waals surface area contributed by atoms with Crippen LogP contribution in [0.1, 0.15) is 35.7 Å². The molecule has 2 aromatic carbocycles. The Balaban J connectivity index is 1.44. The van der Waals surface area contributed by atoms with Crippen LogP contribution < -0.4 is 5.32 Å². The Morgan fingerprint density at radius 1 is 1.20 bits per heavy atom. The summed E-state index contributed by atoms with van der Waals surface area (Å²) in [5.74, 6) is -0.810. The Bertz CT molecular complexity index is 1380. The zero-order chi connectivity index (χ0) is 24.5. The first-order chi connectivity index (χ1) is 16.9. The number of halogens is 2. The van der Waals surface area contributed by atoms with Gasteiger partial charge in [0.2, 0.25) is 0 Å². The van der Waals surface area contributed by atoms with Gasteiger partial charge < -0.3 is 14.6 Å². The number of aromatic nitrogens is 3. The van der Waals surface area contributed by atoms with Crippen molar-refractivity contribution in [2.45, 2.75) is 32.7 Å². The molecule has 1 saturated heterocycles. The maximum Gasteiger partial charge on any atom is 0.295 e. The fraction of sp³-hybridized carbons (Fsp3) is 0.308. The maximum atomic E-state index is 15.2. The van der Waals surface area contributed by atoms with Crippen LogP contribution in [0, 0.1) is 24.5 Å².